The van der Waals surface area contributed by atoms with Crippen molar-refractivity contribution in [1.29, 1.82) is 0 Å². The second-order valence-electron chi connectivity index (χ2n) is 6.31. The first-order chi connectivity index (χ1) is 11.2. The molecule has 1 aromatic rings. The summed E-state index contributed by atoms with van der Waals surface area (Å²) in [6.07, 6.45) is 7.29. The van der Waals surface area contributed by atoms with Gasteiger partial charge in [-0.05, 0) is 38.3 Å². The minimum absolute atomic E-state index is 0.0458. The van der Waals surface area contributed by atoms with Gasteiger partial charge in [0, 0.05) is 23.3 Å². The zero-order valence-corrected chi connectivity index (χ0v) is 15.2. The van der Waals surface area contributed by atoms with Crippen molar-refractivity contribution < 1.29 is 9.53 Å². The second-order valence-corrected chi connectivity index (χ2v) is 7.37. The lowest BCUT2D eigenvalue weighted by Crippen LogP contribution is -2.32. The van der Waals surface area contributed by atoms with Gasteiger partial charge in [-0.1, -0.05) is 38.3 Å². The number of carbonyl (C=O) groups excluding carboxylic acids is 1. The maximum absolute atomic E-state index is 12.5. The SMILES string of the molecule is CCCCCC(C)NC(=O)c1ccccc1SCC1CCCO1. The normalized spacial score (nSPS) is 18.8. The Morgan fingerprint density at radius 3 is 2.96 bits per heavy atom. The van der Waals surface area contributed by atoms with Gasteiger partial charge in [-0.15, -0.1) is 11.8 Å². The molecule has 1 aliphatic heterocycles. The lowest BCUT2D eigenvalue weighted by molar-refractivity contribution is 0.0934. The van der Waals surface area contributed by atoms with E-state index in [4.69, 9.17) is 4.74 Å². The van der Waals surface area contributed by atoms with Gasteiger partial charge in [-0.25, -0.2) is 0 Å². The molecule has 0 saturated carbocycles. The summed E-state index contributed by atoms with van der Waals surface area (Å²) in [4.78, 5) is 13.6. The van der Waals surface area contributed by atoms with E-state index in [0.717, 1.165) is 42.1 Å². The molecule has 0 radical (unpaired) electrons. The van der Waals surface area contributed by atoms with E-state index < -0.39 is 0 Å². The fourth-order valence-corrected chi connectivity index (χ4v) is 3.93. The van der Waals surface area contributed by atoms with Crippen molar-refractivity contribution in [1.82, 2.24) is 5.32 Å². The van der Waals surface area contributed by atoms with Crippen LogP contribution in [-0.4, -0.2) is 30.4 Å². The van der Waals surface area contributed by atoms with Gasteiger partial charge in [0.15, 0.2) is 0 Å². The van der Waals surface area contributed by atoms with Crippen LogP contribution in [0, 0.1) is 0 Å². The van der Waals surface area contributed by atoms with Gasteiger partial charge in [0.05, 0.1) is 11.7 Å². The average Bonchev–Trinajstić information content (AvgIpc) is 3.07. The monoisotopic (exact) mass is 335 g/mol. The molecule has 2 atom stereocenters. The maximum atomic E-state index is 12.5. The highest BCUT2D eigenvalue weighted by Gasteiger charge is 2.18. The largest absolute Gasteiger partial charge is 0.377 e. The molecule has 2 unspecified atom stereocenters. The van der Waals surface area contributed by atoms with E-state index in [9.17, 15) is 4.79 Å². The topological polar surface area (TPSA) is 38.3 Å². The Morgan fingerprint density at radius 2 is 2.22 bits per heavy atom. The van der Waals surface area contributed by atoms with Crippen molar-refractivity contribution in [3.63, 3.8) is 0 Å². The first-order valence-electron chi connectivity index (χ1n) is 8.85. The molecule has 0 bridgehead atoms. The van der Waals surface area contributed by atoms with E-state index in [-0.39, 0.29) is 11.9 Å². The lowest BCUT2D eigenvalue weighted by Gasteiger charge is -2.16. The standard InChI is InChI=1S/C19H29NO2S/c1-3-4-5-9-15(2)20-19(21)17-11-6-7-12-18(17)23-14-16-10-8-13-22-16/h6-7,11-12,15-16H,3-5,8-10,13-14H2,1-2H3,(H,20,21). The number of carbonyl (C=O) groups is 1. The zero-order valence-electron chi connectivity index (χ0n) is 14.3. The predicted molar refractivity (Wildman–Crippen MR) is 97.2 cm³/mol. The van der Waals surface area contributed by atoms with Gasteiger partial charge >= 0.3 is 0 Å². The Balaban J connectivity index is 1.88. The van der Waals surface area contributed by atoms with Gasteiger partial charge in [-0.3, -0.25) is 4.79 Å². The van der Waals surface area contributed by atoms with Crippen LogP contribution >= 0.6 is 11.8 Å². The second kappa shape index (κ2) is 9.99. The number of hydrogen-bond donors (Lipinski definition) is 1. The first-order valence-corrected chi connectivity index (χ1v) is 9.83. The van der Waals surface area contributed by atoms with Crippen molar-refractivity contribution in [2.24, 2.45) is 0 Å². The number of rotatable bonds is 9. The summed E-state index contributed by atoms with van der Waals surface area (Å²) in [6.45, 7) is 5.17. The number of benzene rings is 1. The van der Waals surface area contributed by atoms with Crippen LogP contribution in [0.4, 0.5) is 0 Å². The van der Waals surface area contributed by atoms with Crippen LogP contribution in [0.5, 0.6) is 0 Å². The summed E-state index contributed by atoms with van der Waals surface area (Å²) >= 11 is 1.74. The fraction of sp³-hybridized carbons (Fsp3) is 0.632. The number of ether oxygens (including phenoxy) is 1. The summed E-state index contributed by atoms with van der Waals surface area (Å²) in [5.41, 5.74) is 0.790. The van der Waals surface area contributed by atoms with Crippen LogP contribution in [0.2, 0.25) is 0 Å². The summed E-state index contributed by atoms with van der Waals surface area (Å²) in [5, 5.41) is 3.14. The van der Waals surface area contributed by atoms with Gasteiger partial charge in [0.1, 0.15) is 0 Å². The van der Waals surface area contributed by atoms with E-state index in [0.29, 0.717) is 6.10 Å². The molecule has 0 spiro atoms. The molecular weight excluding hydrogens is 306 g/mol. The molecule has 1 aliphatic rings. The van der Waals surface area contributed by atoms with Crippen molar-refractivity contribution >= 4 is 17.7 Å². The van der Waals surface area contributed by atoms with Crippen molar-refractivity contribution in [2.45, 2.75) is 69.4 Å². The minimum atomic E-state index is 0.0458. The van der Waals surface area contributed by atoms with E-state index in [1.165, 1.54) is 19.3 Å². The van der Waals surface area contributed by atoms with Gasteiger partial charge in [0.25, 0.3) is 5.91 Å². The Bertz CT molecular complexity index is 486. The molecule has 1 N–H and O–H groups in total. The third-order valence-corrected chi connectivity index (χ3v) is 5.40. The molecule has 1 aromatic carbocycles. The molecule has 3 nitrogen and oxygen atoms in total. The van der Waals surface area contributed by atoms with E-state index in [2.05, 4.69) is 19.2 Å². The maximum Gasteiger partial charge on any atom is 0.252 e. The summed E-state index contributed by atoms with van der Waals surface area (Å²) in [6, 6.07) is 8.12. The number of thioether (sulfide) groups is 1. The summed E-state index contributed by atoms with van der Waals surface area (Å²) in [5.74, 6) is 0.973. The van der Waals surface area contributed by atoms with Gasteiger partial charge in [-0.2, -0.15) is 0 Å². The highest BCUT2D eigenvalue weighted by Crippen LogP contribution is 2.26. The Morgan fingerprint density at radius 1 is 1.39 bits per heavy atom. The van der Waals surface area contributed by atoms with Crippen LogP contribution in [0.1, 0.15) is 62.7 Å². The quantitative estimate of drug-likeness (QED) is 0.527. The molecule has 1 amide bonds. The highest BCUT2D eigenvalue weighted by atomic mass is 32.2. The van der Waals surface area contributed by atoms with E-state index in [1.54, 1.807) is 11.8 Å². The Labute approximate surface area is 144 Å². The first kappa shape index (κ1) is 18.3. The third-order valence-electron chi connectivity index (χ3n) is 4.20. The van der Waals surface area contributed by atoms with Crippen molar-refractivity contribution in [3.05, 3.63) is 29.8 Å². The molecular formula is C19H29NO2S. The van der Waals surface area contributed by atoms with Crippen LogP contribution in [0.15, 0.2) is 29.2 Å². The van der Waals surface area contributed by atoms with E-state index >= 15 is 0 Å². The van der Waals surface area contributed by atoms with Crippen LogP contribution in [0.25, 0.3) is 0 Å². The highest BCUT2D eigenvalue weighted by molar-refractivity contribution is 7.99. The smallest absolute Gasteiger partial charge is 0.252 e. The van der Waals surface area contributed by atoms with E-state index in [1.807, 2.05) is 24.3 Å². The average molecular weight is 336 g/mol. The number of amides is 1. The molecule has 1 fully saturated rings. The molecule has 23 heavy (non-hydrogen) atoms. The van der Waals surface area contributed by atoms with Crippen LogP contribution in [0.3, 0.4) is 0 Å². The predicted octanol–water partition coefficient (Wildman–Crippen LogP) is 4.66. The molecule has 2 rings (SSSR count). The van der Waals surface area contributed by atoms with Crippen molar-refractivity contribution in [2.75, 3.05) is 12.4 Å². The molecule has 0 aliphatic carbocycles. The summed E-state index contributed by atoms with van der Waals surface area (Å²) < 4.78 is 5.67. The summed E-state index contributed by atoms with van der Waals surface area (Å²) in [7, 11) is 0. The molecule has 4 heteroatoms. The molecule has 1 heterocycles. The van der Waals surface area contributed by atoms with Gasteiger partial charge < -0.3 is 10.1 Å². The lowest BCUT2D eigenvalue weighted by atomic mass is 10.1. The number of hydrogen-bond acceptors (Lipinski definition) is 3. The molecule has 1 saturated heterocycles. The molecule has 0 aromatic heterocycles. The minimum Gasteiger partial charge on any atom is -0.377 e. The van der Waals surface area contributed by atoms with Crippen molar-refractivity contribution in [3.8, 4) is 0 Å². The fourth-order valence-electron chi connectivity index (χ4n) is 2.81. The number of unbranched alkanes of at least 4 members (excludes halogenated alkanes) is 2. The third kappa shape index (κ3) is 6.19. The van der Waals surface area contributed by atoms with Crippen LogP contribution < -0.4 is 5.32 Å². The Kier molecular flexibility index (Phi) is 7.96. The zero-order chi connectivity index (χ0) is 16.5. The van der Waals surface area contributed by atoms with Crippen LogP contribution in [-0.2, 0) is 4.74 Å². The molecule has 128 valence electrons. The van der Waals surface area contributed by atoms with Gasteiger partial charge in [0.2, 0.25) is 0 Å². The number of nitrogens with one attached hydrogen (secondary N) is 1. The Hall–Kier alpha value is -1.00.